The molecule has 0 radical (unpaired) electrons. The Kier molecular flexibility index (Phi) is 2.47. The minimum atomic E-state index is -3.05. The summed E-state index contributed by atoms with van der Waals surface area (Å²) in [6, 6.07) is 0. The summed E-state index contributed by atoms with van der Waals surface area (Å²) in [5, 5.41) is 3.57. The predicted molar refractivity (Wildman–Crippen MR) is 49.6 cm³/mol. The molecule has 0 N–H and O–H groups in total. The van der Waals surface area contributed by atoms with E-state index in [-0.39, 0.29) is 24.2 Å². The second kappa shape index (κ2) is 3.46. The first-order valence-corrected chi connectivity index (χ1v) is 5.15. The average molecular weight is 236 g/mol. The van der Waals surface area contributed by atoms with Crippen molar-refractivity contribution in [1.29, 1.82) is 0 Å². The molecule has 1 atom stereocenters. The Bertz CT molecular complexity index is 411. The molecule has 6 heteroatoms. The van der Waals surface area contributed by atoms with Crippen LogP contribution in [0.25, 0.3) is 0 Å². The van der Waals surface area contributed by atoms with Gasteiger partial charge in [0.25, 0.3) is 12.3 Å². The van der Waals surface area contributed by atoms with Gasteiger partial charge in [-0.3, -0.25) is 4.68 Å². The molecule has 1 heterocycles. The number of rotatable bonds is 2. The van der Waals surface area contributed by atoms with Crippen LogP contribution < -0.4 is 0 Å². The molecule has 0 fully saturated rings. The Morgan fingerprint density at radius 2 is 2.12 bits per heavy atom. The van der Waals surface area contributed by atoms with Crippen molar-refractivity contribution in [2.24, 2.45) is 5.92 Å². The van der Waals surface area contributed by atoms with Gasteiger partial charge in [0, 0.05) is 18.0 Å². The number of halogens is 4. The Labute approximate surface area is 90.2 Å². The zero-order valence-corrected chi connectivity index (χ0v) is 8.98. The molecule has 1 aromatic heterocycles. The highest BCUT2D eigenvalue weighted by Crippen LogP contribution is 2.48. The summed E-state index contributed by atoms with van der Waals surface area (Å²) < 4.78 is 53.8. The molecule has 2 nitrogen and oxygen atoms in total. The SMILES string of the molecule is CCn1nc(C(F)F)c2c1C(F)(F)C(C)C2. The molecule has 0 aliphatic heterocycles. The first kappa shape index (κ1) is 11.4. The summed E-state index contributed by atoms with van der Waals surface area (Å²) >= 11 is 0. The third kappa shape index (κ3) is 1.35. The van der Waals surface area contributed by atoms with Gasteiger partial charge in [-0.2, -0.15) is 13.9 Å². The van der Waals surface area contributed by atoms with E-state index in [4.69, 9.17) is 0 Å². The fourth-order valence-corrected chi connectivity index (χ4v) is 2.16. The minimum absolute atomic E-state index is 0.0258. The lowest BCUT2D eigenvalue weighted by Gasteiger charge is -2.17. The van der Waals surface area contributed by atoms with Gasteiger partial charge >= 0.3 is 0 Å². The van der Waals surface area contributed by atoms with Crippen LogP contribution in [0.3, 0.4) is 0 Å². The molecule has 0 saturated heterocycles. The Morgan fingerprint density at radius 1 is 1.50 bits per heavy atom. The minimum Gasteiger partial charge on any atom is -0.263 e. The molecule has 1 aliphatic carbocycles. The summed E-state index contributed by atoms with van der Waals surface area (Å²) in [6.45, 7) is 3.16. The number of aryl methyl sites for hydroxylation is 1. The monoisotopic (exact) mass is 236 g/mol. The van der Waals surface area contributed by atoms with Crippen LogP contribution >= 0.6 is 0 Å². The molecule has 0 saturated carbocycles. The van der Waals surface area contributed by atoms with E-state index in [0.717, 1.165) is 4.68 Å². The van der Waals surface area contributed by atoms with Crippen LogP contribution in [0.2, 0.25) is 0 Å². The van der Waals surface area contributed by atoms with Crippen molar-refractivity contribution in [3.63, 3.8) is 0 Å². The molecule has 0 spiro atoms. The number of fused-ring (bicyclic) bond motifs is 1. The van der Waals surface area contributed by atoms with Crippen molar-refractivity contribution >= 4 is 0 Å². The maximum atomic E-state index is 13.7. The van der Waals surface area contributed by atoms with Crippen molar-refractivity contribution in [2.45, 2.75) is 39.2 Å². The highest BCUT2D eigenvalue weighted by atomic mass is 19.3. The van der Waals surface area contributed by atoms with Gasteiger partial charge in [0.15, 0.2) is 0 Å². The van der Waals surface area contributed by atoms with Crippen molar-refractivity contribution in [3.8, 4) is 0 Å². The van der Waals surface area contributed by atoms with Gasteiger partial charge in [-0.15, -0.1) is 0 Å². The van der Waals surface area contributed by atoms with E-state index in [9.17, 15) is 17.6 Å². The van der Waals surface area contributed by atoms with Crippen LogP contribution in [0.1, 0.15) is 37.2 Å². The zero-order chi connectivity index (χ0) is 12.1. The number of nitrogens with zero attached hydrogens (tertiary/aromatic N) is 2. The third-order valence-corrected chi connectivity index (χ3v) is 3.03. The maximum Gasteiger partial charge on any atom is 0.292 e. The second-order valence-corrected chi connectivity index (χ2v) is 4.06. The molecular formula is C10H12F4N2. The smallest absolute Gasteiger partial charge is 0.263 e. The quantitative estimate of drug-likeness (QED) is 0.721. The number of alkyl halides is 4. The predicted octanol–water partition coefficient (Wildman–Crippen LogP) is 3.12. The second-order valence-electron chi connectivity index (χ2n) is 4.06. The van der Waals surface area contributed by atoms with Crippen molar-refractivity contribution in [1.82, 2.24) is 9.78 Å². The summed E-state index contributed by atoms with van der Waals surface area (Å²) in [6.07, 6.45) is -2.82. The molecule has 90 valence electrons. The number of hydrogen-bond acceptors (Lipinski definition) is 1. The molecule has 1 aliphatic rings. The molecular weight excluding hydrogens is 224 g/mol. The van der Waals surface area contributed by atoms with Gasteiger partial charge in [-0.25, -0.2) is 8.78 Å². The fraction of sp³-hybridized carbons (Fsp3) is 0.700. The van der Waals surface area contributed by atoms with Crippen LogP contribution in [0, 0.1) is 5.92 Å². The molecule has 1 aromatic rings. The highest BCUT2D eigenvalue weighted by Gasteiger charge is 2.51. The highest BCUT2D eigenvalue weighted by molar-refractivity contribution is 5.36. The van der Waals surface area contributed by atoms with Crippen LogP contribution in [-0.2, 0) is 18.9 Å². The van der Waals surface area contributed by atoms with Gasteiger partial charge in [0.1, 0.15) is 11.4 Å². The molecule has 0 bridgehead atoms. The van der Waals surface area contributed by atoms with E-state index >= 15 is 0 Å². The Balaban J connectivity index is 2.61. The summed E-state index contributed by atoms with van der Waals surface area (Å²) in [5.41, 5.74) is -0.770. The molecule has 0 amide bonds. The zero-order valence-electron chi connectivity index (χ0n) is 8.98. The molecule has 1 unspecified atom stereocenters. The van der Waals surface area contributed by atoms with Crippen LogP contribution in [0.4, 0.5) is 17.6 Å². The largest absolute Gasteiger partial charge is 0.292 e. The van der Waals surface area contributed by atoms with Crippen LogP contribution in [0.15, 0.2) is 0 Å². The van der Waals surface area contributed by atoms with E-state index < -0.39 is 24.0 Å². The van der Waals surface area contributed by atoms with Gasteiger partial charge in [-0.1, -0.05) is 6.92 Å². The third-order valence-electron chi connectivity index (χ3n) is 3.03. The summed E-state index contributed by atoms with van der Waals surface area (Å²) in [4.78, 5) is 0. The lowest BCUT2D eigenvalue weighted by Crippen LogP contribution is -2.22. The average Bonchev–Trinajstić information content (AvgIpc) is 2.65. The van der Waals surface area contributed by atoms with E-state index in [1.54, 1.807) is 6.92 Å². The number of aromatic nitrogens is 2. The van der Waals surface area contributed by atoms with E-state index in [2.05, 4.69) is 5.10 Å². The van der Waals surface area contributed by atoms with Gasteiger partial charge in [0.05, 0.1) is 0 Å². The molecule has 0 aromatic carbocycles. The lowest BCUT2D eigenvalue weighted by molar-refractivity contribution is -0.0529. The topological polar surface area (TPSA) is 17.8 Å². The van der Waals surface area contributed by atoms with Crippen LogP contribution in [-0.4, -0.2) is 9.78 Å². The van der Waals surface area contributed by atoms with Crippen molar-refractivity contribution in [2.75, 3.05) is 0 Å². The Morgan fingerprint density at radius 3 is 2.62 bits per heavy atom. The maximum absolute atomic E-state index is 13.7. The van der Waals surface area contributed by atoms with Crippen molar-refractivity contribution < 1.29 is 17.6 Å². The first-order chi connectivity index (χ1) is 7.39. The summed E-state index contributed by atoms with van der Waals surface area (Å²) in [7, 11) is 0. The van der Waals surface area contributed by atoms with Crippen LogP contribution in [0.5, 0.6) is 0 Å². The molecule has 2 rings (SSSR count). The van der Waals surface area contributed by atoms with Gasteiger partial charge in [0.2, 0.25) is 0 Å². The van der Waals surface area contributed by atoms with E-state index in [1.165, 1.54) is 6.92 Å². The fourth-order valence-electron chi connectivity index (χ4n) is 2.16. The van der Waals surface area contributed by atoms with E-state index in [0.29, 0.717) is 0 Å². The van der Waals surface area contributed by atoms with E-state index in [1.807, 2.05) is 0 Å². The normalized spacial score (nSPS) is 22.8. The molecule has 16 heavy (non-hydrogen) atoms. The van der Waals surface area contributed by atoms with Gasteiger partial charge in [-0.05, 0) is 13.3 Å². The van der Waals surface area contributed by atoms with Gasteiger partial charge < -0.3 is 0 Å². The van der Waals surface area contributed by atoms with Crippen molar-refractivity contribution in [3.05, 3.63) is 17.0 Å². The summed E-state index contributed by atoms with van der Waals surface area (Å²) in [5.74, 6) is -3.98. The Hall–Kier alpha value is -1.07. The standard InChI is InChI=1S/C10H12F4N2/c1-3-16-8-6(7(15-16)9(11)12)4-5(2)10(8,13)14/h5,9H,3-4H2,1-2H3. The first-order valence-electron chi connectivity index (χ1n) is 5.15. The number of hydrogen-bond donors (Lipinski definition) is 0. The lowest BCUT2D eigenvalue weighted by atomic mass is 10.1.